The van der Waals surface area contributed by atoms with Crippen molar-refractivity contribution >= 4 is 36.4 Å². The summed E-state index contributed by atoms with van der Waals surface area (Å²) in [6, 6.07) is 3.82. The fraction of sp³-hybridized carbons (Fsp3) is 0.500. The van der Waals surface area contributed by atoms with Crippen molar-refractivity contribution in [2.24, 2.45) is 11.7 Å². The Kier molecular flexibility index (Phi) is 10.3. The topological polar surface area (TPSA) is 137 Å². The number of methoxy groups -OCH3 is 1. The number of thiol groups is 1. The molecule has 1 aromatic carbocycles. The van der Waals surface area contributed by atoms with Crippen LogP contribution in [0.15, 0.2) is 24.3 Å². The van der Waals surface area contributed by atoms with Gasteiger partial charge in [-0.05, 0) is 23.6 Å². The van der Waals surface area contributed by atoms with E-state index in [9.17, 15) is 19.2 Å². The third-order valence-corrected chi connectivity index (χ3v) is 4.58. The number of benzene rings is 1. The molecule has 0 aliphatic heterocycles. The van der Waals surface area contributed by atoms with Crippen molar-refractivity contribution in [3.8, 4) is 5.75 Å². The Morgan fingerprint density at radius 2 is 1.80 bits per heavy atom. The third kappa shape index (κ3) is 8.03. The monoisotopic (exact) mass is 439 g/mol. The highest BCUT2D eigenvalue weighted by molar-refractivity contribution is 7.80. The van der Waals surface area contributed by atoms with Crippen LogP contribution < -0.4 is 21.1 Å². The van der Waals surface area contributed by atoms with Crippen LogP contribution in [0.2, 0.25) is 0 Å². The average Bonchev–Trinajstić information content (AvgIpc) is 2.69. The lowest BCUT2D eigenvalue weighted by molar-refractivity contribution is -0.145. The van der Waals surface area contributed by atoms with Gasteiger partial charge in [-0.1, -0.05) is 26.0 Å². The number of rotatable bonds is 10. The molecule has 0 aliphatic carbocycles. The van der Waals surface area contributed by atoms with Gasteiger partial charge < -0.3 is 25.8 Å². The summed E-state index contributed by atoms with van der Waals surface area (Å²) < 4.78 is 9.84. The van der Waals surface area contributed by atoms with Crippen LogP contribution in [0.25, 0.3) is 0 Å². The van der Waals surface area contributed by atoms with E-state index in [1.165, 1.54) is 14.0 Å². The lowest BCUT2D eigenvalue weighted by Gasteiger charge is -2.25. The zero-order valence-corrected chi connectivity index (χ0v) is 18.4. The van der Waals surface area contributed by atoms with Gasteiger partial charge in [0.2, 0.25) is 11.8 Å². The van der Waals surface area contributed by atoms with Gasteiger partial charge >= 0.3 is 11.9 Å². The molecule has 0 aliphatic rings. The molecule has 1 aromatic rings. The first-order valence-corrected chi connectivity index (χ1v) is 10.0. The van der Waals surface area contributed by atoms with Gasteiger partial charge in [0.25, 0.3) is 0 Å². The summed E-state index contributed by atoms with van der Waals surface area (Å²) in [7, 11) is 1.21. The second-order valence-corrected chi connectivity index (χ2v) is 7.41. The van der Waals surface area contributed by atoms with E-state index in [0.29, 0.717) is 11.3 Å². The van der Waals surface area contributed by atoms with E-state index in [-0.39, 0.29) is 18.1 Å². The molecule has 30 heavy (non-hydrogen) atoms. The van der Waals surface area contributed by atoms with Crippen molar-refractivity contribution in [3.05, 3.63) is 29.8 Å². The van der Waals surface area contributed by atoms with Crippen molar-refractivity contribution in [3.63, 3.8) is 0 Å². The number of carbonyl (C=O) groups excluding carboxylic acids is 4. The molecule has 0 unspecified atom stereocenters. The molecular formula is C20H29N3O6S. The maximum Gasteiger partial charge on any atom is 0.328 e. The first-order chi connectivity index (χ1) is 14.1. The van der Waals surface area contributed by atoms with Crippen LogP contribution >= 0.6 is 12.6 Å². The summed E-state index contributed by atoms with van der Waals surface area (Å²) in [6.45, 7) is 4.79. The fourth-order valence-corrected chi connectivity index (χ4v) is 2.78. The molecule has 0 radical (unpaired) electrons. The summed E-state index contributed by atoms with van der Waals surface area (Å²) >= 11 is 3.98. The standard InChI is InChI=1S/C20H29N3O6S/c1-11(2)17(23-18(25)15(21)10-30)19(26)22-16(20(27)28-4)9-13-6-5-7-14(8-13)29-12(3)24/h5-8,11,15-17,30H,9-10,21H2,1-4H3,(H,22,26)(H,23,25)/t15-,16-,17-/m0/s1. The first kappa shape index (κ1) is 25.4. The Bertz CT molecular complexity index is 771. The van der Waals surface area contributed by atoms with Crippen molar-refractivity contribution in [2.75, 3.05) is 12.9 Å². The van der Waals surface area contributed by atoms with Gasteiger partial charge in [-0.25, -0.2) is 4.79 Å². The molecule has 4 N–H and O–H groups in total. The molecule has 2 amide bonds. The van der Waals surface area contributed by atoms with Gasteiger partial charge in [0, 0.05) is 19.1 Å². The number of nitrogens with one attached hydrogen (secondary N) is 2. The second-order valence-electron chi connectivity index (χ2n) is 7.05. The van der Waals surface area contributed by atoms with Gasteiger partial charge in [-0.3, -0.25) is 14.4 Å². The maximum atomic E-state index is 12.8. The third-order valence-electron chi connectivity index (χ3n) is 4.18. The molecule has 0 bridgehead atoms. The molecule has 166 valence electrons. The number of ether oxygens (including phenoxy) is 2. The van der Waals surface area contributed by atoms with Crippen LogP contribution in [0.4, 0.5) is 0 Å². The van der Waals surface area contributed by atoms with Crippen LogP contribution in [0, 0.1) is 5.92 Å². The zero-order valence-electron chi connectivity index (χ0n) is 17.5. The van der Waals surface area contributed by atoms with E-state index in [4.69, 9.17) is 15.2 Å². The molecule has 0 saturated carbocycles. The summed E-state index contributed by atoms with van der Waals surface area (Å²) in [4.78, 5) is 48.3. The van der Waals surface area contributed by atoms with Gasteiger partial charge in [0.15, 0.2) is 0 Å². The summed E-state index contributed by atoms with van der Waals surface area (Å²) in [6.07, 6.45) is 0.0996. The molecule has 0 aromatic heterocycles. The van der Waals surface area contributed by atoms with Crippen LogP contribution in [-0.4, -0.2) is 54.7 Å². The number of carbonyl (C=O) groups is 4. The minimum absolute atomic E-state index is 0.0996. The smallest absolute Gasteiger partial charge is 0.328 e. The van der Waals surface area contributed by atoms with Crippen molar-refractivity contribution in [1.82, 2.24) is 10.6 Å². The highest BCUT2D eigenvalue weighted by Gasteiger charge is 2.30. The van der Waals surface area contributed by atoms with E-state index in [1.807, 2.05) is 0 Å². The molecule has 0 spiro atoms. The van der Waals surface area contributed by atoms with E-state index in [2.05, 4.69) is 23.3 Å². The summed E-state index contributed by atoms with van der Waals surface area (Å²) in [5.74, 6) is -1.99. The van der Waals surface area contributed by atoms with Crippen LogP contribution in [-0.2, 0) is 30.3 Å². The largest absolute Gasteiger partial charge is 0.467 e. The second kappa shape index (κ2) is 12.2. The van der Waals surface area contributed by atoms with Gasteiger partial charge in [0.1, 0.15) is 17.8 Å². The first-order valence-electron chi connectivity index (χ1n) is 9.41. The van der Waals surface area contributed by atoms with Crippen molar-refractivity contribution in [2.45, 2.75) is 45.3 Å². The number of amides is 2. The molecule has 0 fully saturated rings. The molecule has 0 heterocycles. The minimum Gasteiger partial charge on any atom is -0.467 e. The highest BCUT2D eigenvalue weighted by Crippen LogP contribution is 2.16. The average molecular weight is 440 g/mol. The highest BCUT2D eigenvalue weighted by atomic mass is 32.1. The lowest BCUT2D eigenvalue weighted by Crippen LogP contribution is -2.57. The Balaban J connectivity index is 2.98. The number of hydrogen-bond acceptors (Lipinski definition) is 8. The number of nitrogens with two attached hydrogens (primary N) is 1. The van der Waals surface area contributed by atoms with Crippen LogP contribution in [0.3, 0.4) is 0 Å². The summed E-state index contributed by atoms with van der Waals surface area (Å²) in [5, 5.41) is 5.21. The Labute approximate surface area is 181 Å². The normalized spacial score (nSPS) is 13.7. The molecule has 3 atom stereocenters. The Hall–Kier alpha value is -2.59. The minimum atomic E-state index is -1.01. The van der Waals surface area contributed by atoms with Gasteiger partial charge in [-0.2, -0.15) is 12.6 Å². The van der Waals surface area contributed by atoms with E-state index in [0.717, 1.165) is 0 Å². The molecule has 10 heteroatoms. The summed E-state index contributed by atoms with van der Waals surface area (Å²) in [5.41, 5.74) is 6.30. The van der Waals surface area contributed by atoms with Gasteiger partial charge in [0.05, 0.1) is 13.2 Å². The Morgan fingerprint density at radius 3 is 2.33 bits per heavy atom. The SMILES string of the molecule is COC(=O)[C@H](Cc1cccc(OC(C)=O)c1)NC(=O)[C@@H](NC(=O)[C@@H](N)CS)C(C)C. The molecular weight excluding hydrogens is 410 g/mol. The van der Waals surface area contributed by atoms with Crippen molar-refractivity contribution < 1.29 is 28.7 Å². The quantitative estimate of drug-likeness (QED) is 0.232. The van der Waals surface area contributed by atoms with Crippen molar-refractivity contribution in [1.29, 1.82) is 0 Å². The maximum absolute atomic E-state index is 12.8. The number of hydrogen-bond donors (Lipinski definition) is 4. The van der Waals surface area contributed by atoms with E-state index < -0.39 is 41.9 Å². The van der Waals surface area contributed by atoms with Gasteiger partial charge in [-0.15, -0.1) is 0 Å². The van der Waals surface area contributed by atoms with E-state index >= 15 is 0 Å². The van der Waals surface area contributed by atoms with E-state index in [1.54, 1.807) is 38.1 Å². The molecule has 1 rings (SSSR count). The van der Waals surface area contributed by atoms with Crippen LogP contribution in [0.1, 0.15) is 26.3 Å². The number of esters is 2. The lowest BCUT2D eigenvalue weighted by atomic mass is 10.0. The fourth-order valence-electron chi connectivity index (χ4n) is 2.61. The zero-order chi connectivity index (χ0) is 22.8. The van der Waals surface area contributed by atoms with Crippen LogP contribution in [0.5, 0.6) is 5.75 Å². The predicted molar refractivity (Wildman–Crippen MR) is 114 cm³/mol. The predicted octanol–water partition coefficient (Wildman–Crippen LogP) is 0.210. The molecule has 9 nitrogen and oxygen atoms in total. The Morgan fingerprint density at radius 1 is 1.13 bits per heavy atom. The molecule has 0 saturated heterocycles.